The number of nitrogens with one attached hydrogen (secondary N) is 1. The van der Waals surface area contributed by atoms with Crippen LogP contribution in [-0.4, -0.2) is 61.7 Å². The third-order valence-electron chi connectivity index (χ3n) is 3.99. The number of nitrogens with zero attached hydrogens (tertiary/aromatic N) is 4. The molecule has 1 aliphatic heterocycles. The van der Waals surface area contributed by atoms with Gasteiger partial charge in [-0.1, -0.05) is 0 Å². The number of aromatic nitrogens is 1. The molecular formula is C18H25N5OS. The standard InChI is InChI=1S/C18H25N5OS/c1-2-20-18(21-8-13-24-16-5-3-7-19-15-16)23-11-9-22(10-12-23)17-6-4-14-25-17/h3-7,14-15H,2,8-13H2,1H3,(H,20,21). The third-order valence-corrected chi connectivity index (χ3v) is 4.92. The Hall–Kier alpha value is -2.28. The van der Waals surface area contributed by atoms with Crippen molar-refractivity contribution in [3.63, 3.8) is 0 Å². The zero-order valence-electron chi connectivity index (χ0n) is 14.6. The molecule has 0 amide bonds. The Balaban J connectivity index is 1.48. The van der Waals surface area contributed by atoms with Crippen LogP contribution in [0.5, 0.6) is 5.75 Å². The lowest BCUT2D eigenvalue weighted by Gasteiger charge is -2.37. The summed E-state index contributed by atoms with van der Waals surface area (Å²) in [6.07, 6.45) is 3.46. The van der Waals surface area contributed by atoms with Crippen molar-refractivity contribution < 1.29 is 4.74 Å². The van der Waals surface area contributed by atoms with E-state index in [0.717, 1.165) is 44.4 Å². The van der Waals surface area contributed by atoms with Crippen LogP contribution in [0.2, 0.25) is 0 Å². The van der Waals surface area contributed by atoms with Crippen LogP contribution in [0.25, 0.3) is 0 Å². The Labute approximate surface area is 153 Å². The Morgan fingerprint density at radius 3 is 2.84 bits per heavy atom. The fourth-order valence-corrected chi connectivity index (χ4v) is 3.55. The summed E-state index contributed by atoms with van der Waals surface area (Å²) in [6.45, 7) is 8.16. The summed E-state index contributed by atoms with van der Waals surface area (Å²) in [5.41, 5.74) is 0. The highest BCUT2D eigenvalue weighted by molar-refractivity contribution is 7.14. The molecule has 0 saturated carbocycles. The van der Waals surface area contributed by atoms with E-state index in [-0.39, 0.29) is 0 Å². The summed E-state index contributed by atoms with van der Waals surface area (Å²) in [7, 11) is 0. The lowest BCUT2D eigenvalue weighted by Crippen LogP contribution is -2.52. The molecule has 2 aromatic rings. The van der Waals surface area contributed by atoms with Crippen LogP contribution in [-0.2, 0) is 0 Å². The largest absolute Gasteiger partial charge is 0.490 e. The molecular weight excluding hydrogens is 334 g/mol. The van der Waals surface area contributed by atoms with Gasteiger partial charge in [0.1, 0.15) is 12.4 Å². The van der Waals surface area contributed by atoms with E-state index >= 15 is 0 Å². The van der Waals surface area contributed by atoms with E-state index < -0.39 is 0 Å². The van der Waals surface area contributed by atoms with Crippen LogP contribution in [0, 0.1) is 0 Å². The molecule has 134 valence electrons. The van der Waals surface area contributed by atoms with Gasteiger partial charge in [-0.25, -0.2) is 4.99 Å². The minimum Gasteiger partial charge on any atom is -0.490 e. The molecule has 3 heterocycles. The SMILES string of the molecule is CCNC(=NCCOc1cccnc1)N1CCN(c2cccs2)CC1. The van der Waals surface area contributed by atoms with Crippen molar-refractivity contribution in [3.05, 3.63) is 42.0 Å². The molecule has 0 spiro atoms. The quantitative estimate of drug-likeness (QED) is 0.487. The van der Waals surface area contributed by atoms with Gasteiger partial charge in [0.05, 0.1) is 17.7 Å². The highest BCUT2D eigenvalue weighted by atomic mass is 32.1. The van der Waals surface area contributed by atoms with Crippen LogP contribution in [0.3, 0.4) is 0 Å². The van der Waals surface area contributed by atoms with Crippen molar-refractivity contribution in [2.45, 2.75) is 6.92 Å². The molecule has 1 aliphatic rings. The van der Waals surface area contributed by atoms with E-state index in [4.69, 9.17) is 9.73 Å². The zero-order chi connectivity index (χ0) is 17.3. The van der Waals surface area contributed by atoms with Gasteiger partial charge in [0.15, 0.2) is 5.96 Å². The van der Waals surface area contributed by atoms with Gasteiger partial charge in [0.2, 0.25) is 0 Å². The number of ether oxygens (including phenoxy) is 1. The molecule has 0 bridgehead atoms. The van der Waals surface area contributed by atoms with Crippen molar-refractivity contribution in [1.82, 2.24) is 15.2 Å². The van der Waals surface area contributed by atoms with E-state index in [1.165, 1.54) is 5.00 Å². The first-order valence-corrected chi connectivity index (χ1v) is 9.59. The predicted molar refractivity (Wildman–Crippen MR) is 104 cm³/mol. The first kappa shape index (κ1) is 17.5. The number of hydrogen-bond donors (Lipinski definition) is 1. The maximum atomic E-state index is 5.67. The molecule has 1 N–H and O–H groups in total. The molecule has 3 rings (SSSR count). The number of thiophene rings is 1. The zero-order valence-corrected chi connectivity index (χ0v) is 15.4. The fourth-order valence-electron chi connectivity index (χ4n) is 2.76. The highest BCUT2D eigenvalue weighted by Crippen LogP contribution is 2.22. The second kappa shape index (κ2) is 9.27. The summed E-state index contributed by atoms with van der Waals surface area (Å²) in [6, 6.07) is 8.08. The first-order chi connectivity index (χ1) is 12.4. The van der Waals surface area contributed by atoms with E-state index in [9.17, 15) is 0 Å². The number of guanidine groups is 1. The number of hydrogen-bond acceptors (Lipinski definition) is 5. The Morgan fingerprint density at radius 2 is 2.16 bits per heavy atom. The van der Waals surface area contributed by atoms with Gasteiger partial charge in [-0.2, -0.15) is 0 Å². The van der Waals surface area contributed by atoms with Crippen LogP contribution in [0.15, 0.2) is 47.0 Å². The summed E-state index contributed by atoms with van der Waals surface area (Å²) in [4.78, 5) is 13.5. The molecule has 7 heteroatoms. The van der Waals surface area contributed by atoms with Crippen LogP contribution in [0.1, 0.15) is 6.92 Å². The number of piperazine rings is 1. The van der Waals surface area contributed by atoms with Gasteiger partial charge >= 0.3 is 0 Å². The normalized spacial score (nSPS) is 15.3. The smallest absolute Gasteiger partial charge is 0.194 e. The van der Waals surface area contributed by atoms with Gasteiger partial charge in [-0.05, 0) is 36.6 Å². The monoisotopic (exact) mass is 359 g/mol. The molecule has 2 aromatic heterocycles. The number of pyridine rings is 1. The molecule has 6 nitrogen and oxygen atoms in total. The van der Waals surface area contributed by atoms with Crippen LogP contribution < -0.4 is 15.0 Å². The van der Waals surface area contributed by atoms with Crippen molar-refractivity contribution >= 4 is 22.3 Å². The Kier molecular flexibility index (Phi) is 6.50. The minimum atomic E-state index is 0.551. The fraction of sp³-hybridized carbons (Fsp3) is 0.444. The summed E-state index contributed by atoms with van der Waals surface area (Å²) >= 11 is 1.80. The molecule has 0 atom stereocenters. The van der Waals surface area contributed by atoms with E-state index in [0.29, 0.717) is 13.2 Å². The van der Waals surface area contributed by atoms with Gasteiger partial charge in [-0.15, -0.1) is 11.3 Å². The van der Waals surface area contributed by atoms with Gasteiger partial charge in [-0.3, -0.25) is 4.98 Å². The maximum absolute atomic E-state index is 5.67. The first-order valence-electron chi connectivity index (χ1n) is 8.71. The Morgan fingerprint density at radius 1 is 1.28 bits per heavy atom. The lowest BCUT2D eigenvalue weighted by molar-refractivity contribution is 0.324. The van der Waals surface area contributed by atoms with E-state index in [2.05, 4.69) is 44.5 Å². The van der Waals surface area contributed by atoms with E-state index in [1.54, 1.807) is 23.7 Å². The van der Waals surface area contributed by atoms with Gasteiger partial charge in [0, 0.05) is 38.9 Å². The van der Waals surface area contributed by atoms with Gasteiger partial charge in [0.25, 0.3) is 0 Å². The summed E-state index contributed by atoms with van der Waals surface area (Å²) in [5, 5.41) is 6.88. The third kappa shape index (κ3) is 5.09. The molecule has 1 fully saturated rings. The van der Waals surface area contributed by atoms with Gasteiger partial charge < -0.3 is 19.9 Å². The van der Waals surface area contributed by atoms with Crippen molar-refractivity contribution in [2.75, 3.05) is 50.8 Å². The molecule has 0 radical (unpaired) electrons. The Bertz CT molecular complexity index is 639. The predicted octanol–water partition coefficient (Wildman–Crippen LogP) is 2.31. The summed E-state index contributed by atoms with van der Waals surface area (Å²) in [5.74, 6) is 1.76. The second-order valence-corrected chi connectivity index (χ2v) is 6.62. The molecule has 1 saturated heterocycles. The second-order valence-electron chi connectivity index (χ2n) is 5.70. The number of anilines is 1. The van der Waals surface area contributed by atoms with Crippen molar-refractivity contribution in [2.24, 2.45) is 4.99 Å². The molecule has 0 aromatic carbocycles. The highest BCUT2D eigenvalue weighted by Gasteiger charge is 2.20. The van der Waals surface area contributed by atoms with Crippen molar-refractivity contribution in [1.29, 1.82) is 0 Å². The average Bonchev–Trinajstić information content (AvgIpc) is 3.20. The number of aliphatic imine (C=N–C) groups is 1. The maximum Gasteiger partial charge on any atom is 0.194 e. The number of rotatable bonds is 6. The lowest BCUT2D eigenvalue weighted by atomic mass is 10.3. The molecule has 0 aliphatic carbocycles. The average molecular weight is 359 g/mol. The topological polar surface area (TPSA) is 53.0 Å². The minimum absolute atomic E-state index is 0.551. The van der Waals surface area contributed by atoms with Crippen molar-refractivity contribution in [3.8, 4) is 5.75 Å². The molecule has 25 heavy (non-hydrogen) atoms. The van der Waals surface area contributed by atoms with E-state index in [1.807, 2.05) is 12.1 Å². The van der Waals surface area contributed by atoms with Crippen LogP contribution in [0.4, 0.5) is 5.00 Å². The van der Waals surface area contributed by atoms with Crippen LogP contribution >= 0.6 is 11.3 Å². The summed E-state index contributed by atoms with van der Waals surface area (Å²) < 4.78 is 5.67. The molecule has 0 unspecified atom stereocenters.